The molecule has 1 heterocycles. The van der Waals surface area contributed by atoms with E-state index in [1.807, 2.05) is 11.8 Å². The quantitative estimate of drug-likeness (QED) is 0.466. The third kappa shape index (κ3) is 3.85. The summed E-state index contributed by atoms with van der Waals surface area (Å²) in [4.78, 5) is 0. The number of nitrogens with zero attached hydrogens (tertiary/aromatic N) is 1. The van der Waals surface area contributed by atoms with E-state index in [1.54, 1.807) is 0 Å². The zero-order valence-electron chi connectivity index (χ0n) is 4.39. The van der Waals surface area contributed by atoms with Gasteiger partial charge in [-0.1, -0.05) is 0 Å². The van der Waals surface area contributed by atoms with Gasteiger partial charge in [-0.2, -0.15) is 0 Å². The van der Waals surface area contributed by atoms with Gasteiger partial charge in [-0.25, -0.2) is 0 Å². The van der Waals surface area contributed by atoms with Crippen molar-refractivity contribution < 1.29 is 50.5 Å². The molecule has 0 aliphatic carbocycles. The summed E-state index contributed by atoms with van der Waals surface area (Å²) in [5, 5.41) is 4.25. The van der Waals surface area contributed by atoms with Gasteiger partial charge in [0.15, 0.2) is 0 Å². The second-order valence-corrected chi connectivity index (χ2v) is 4.85. The van der Waals surface area contributed by atoms with Gasteiger partial charge in [0.1, 0.15) is 0 Å². The van der Waals surface area contributed by atoms with E-state index < -0.39 is 0 Å². The summed E-state index contributed by atoms with van der Waals surface area (Å²) >= 11 is 3.43. The molecule has 4 heteroatoms. The van der Waals surface area contributed by atoms with Gasteiger partial charge in [-0.3, -0.25) is 0 Å². The van der Waals surface area contributed by atoms with Gasteiger partial charge >= 0.3 is 58.5 Å². The summed E-state index contributed by atoms with van der Waals surface area (Å²) < 4.78 is 1.34. The topological polar surface area (TPSA) is 14.1 Å². The molecule has 1 saturated heterocycles. The molecule has 8 heavy (non-hydrogen) atoms. The van der Waals surface area contributed by atoms with Crippen molar-refractivity contribution in [3.8, 4) is 0 Å². The SMILES string of the molecule is [U].[W]=[C]1[N-]CCCS1. The van der Waals surface area contributed by atoms with E-state index in [1.165, 1.54) is 34.9 Å². The molecule has 0 aromatic carbocycles. The summed E-state index contributed by atoms with van der Waals surface area (Å²) in [7, 11) is 0. The Kier molecular flexibility index (Phi) is 7.05. The Morgan fingerprint density at radius 2 is 2.38 bits per heavy atom. The number of hydrogen-bond acceptors (Lipinski definition) is 1. The van der Waals surface area contributed by atoms with Gasteiger partial charge in [0.2, 0.25) is 0 Å². The first-order valence-electron chi connectivity index (χ1n) is 2.24. The van der Waals surface area contributed by atoms with Crippen LogP contribution in [0.1, 0.15) is 6.42 Å². The molecule has 0 unspecified atom stereocenters. The predicted molar refractivity (Wildman–Crippen MR) is 30.3 cm³/mol. The van der Waals surface area contributed by atoms with Gasteiger partial charge in [-0.05, 0) is 0 Å². The third-order valence-corrected chi connectivity index (χ3v) is 3.37. The van der Waals surface area contributed by atoms with Crippen LogP contribution in [0.5, 0.6) is 0 Å². The zero-order chi connectivity index (χ0) is 5.11. The van der Waals surface area contributed by atoms with E-state index in [-0.39, 0.29) is 31.1 Å². The molecule has 1 aliphatic heterocycles. The molecule has 0 radical (unpaired) electrons. The van der Waals surface area contributed by atoms with E-state index in [4.69, 9.17) is 0 Å². The maximum atomic E-state index is 4.25. The van der Waals surface area contributed by atoms with Crippen LogP contribution >= 0.6 is 11.8 Å². The van der Waals surface area contributed by atoms with Crippen LogP contribution in [0.15, 0.2) is 0 Å². The normalized spacial score (nSPS) is 19.8. The summed E-state index contributed by atoms with van der Waals surface area (Å²) in [6.45, 7) is 1.08. The molecule has 0 N–H and O–H groups in total. The van der Waals surface area contributed by atoms with E-state index in [0.29, 0.717) is 0 Å². The Morgan fingerprint density at radius 1 is 1.62 bits per heavy atom. The minimum absolute atomic E-state index is 0. The Balaban J connectivity index is 0.000000490. The van der Waals surface area contributed by atoms with Crippen LogP contribution in [0.25, 0.3) is 5.32 Å². The van der Waals surface area contributed by atoms with E-state index in [2.05, 4.69) is 5.32 Å². The van der Waals surface area contributed by atoms with Crippen LogP contribution in [-0.2, 0) is 19.4 Å². The first-order valence-corrected chi connectivity index (χ1v) is 4.69. The van der Waals surface area contributed by atoms with Crippen molar-refractivity contribution in [2.45, 2.75) is 6.42 Å². The van der Waals surface area contributed by atoms with Crippen LogP contribution in [-0.4, -0.2) is 15.7 Å². The van der Waals surface area contributed by atoms with Gasteiger partial charge in [0.05, 0.1) is 0 Å². The van der Waals surface area contributed by atoms with Crippen LogP contribution in [0.2, 0.25) is 0 Å². The molecular weight excluding hydrogens is 516 g/mol. The average molecular weight is 522 g/mol. The summed E-state index contributed by atoms with van der Waals surface area (Å²) in [6.07, 6.45) is 1.28. The number of hydrogen-bond donors (Lipinski definition) is 0. The van der Waals surface area contributed by atoms with Gasteiger partial charge < -0.3 is 0 Å². The molecule has 0 amide bonds. The molecule has 1 fully saturated rings. The maximum absolute atomic E-state index is 4.25. The van der Waals surface area contributed by atoms with E-state index in [0.717, 1.165) is 6.54 Å². The van der Waals surface area contributed by atoms with Crippen molar-refractivity contribution in [1.82, 2.24) is 0 Å². The second-order valence-electron chi connectivity index (χ2n) is 1.35. The molecule has 0 atom stereocenters. The Hall–Kier alpha value is 1.92. The number of thioether (sulfide) groups is 1. The average Bonchev–Trinajstić information content (AvgIpc) is 1.69. The predicted octanol–water partition coefficient (Wildman–Crippen LogP) is 1.13. The first kappa shape index (κ1) is 9.92. The van der Waals surface area contributed by atoms with Gasteiger partial charge in [-0.15, -0.1) is 0 Å². The van der Waals surface area contributed by atoms with Gasteiger partial charge in [0, 0.05) is 31.1 Å². The second kappa shape index (κ2) is 5.69. The summed E-state index contributed by atoms with van der Waals surface area (Å²) in [6, 6.07) is 0. The monoisotopic (exact) mass is 522 g/mol. The molecule has 1 aliphatic rings. The Labute approximate surface area is 88.5 Å². The molecule has 0 spiro atoms. The molecule has 1 nitrogen and oxygen atoms in total. The fourth-order valence-corrected chi connectivity index (χ4v) is 2.30. The van der Waals surface area contributed by atoms with Crippen molar-refractivity contribution >= 4 is 15.1 Å². The van der Waals surface area contributed by atoms with Gasteiger partial charge in [0.25, 0.3) is 0 Å². The minimum atomic E-state index is 0. The molecule has 0 aromatic rings. The van der Waals surface area contributed by atoms with Crippen LogP contribution in [0.4, 0.5) is 0 Å². The van der Waals surface area contributed by atoms with E-state index >= 15 is 0 Å². The molecule has 1 rings (SSSR count). The van der Waals surface area contributed by atoms with Crippen molar-refractivity contribution in [1.29, 1.82) is 0 Å². The van der Waals surface area contributed by atoms with Crippen LogP contribution in [0.3, 0.4) is 0 Å². The molecule has 0 bridgehead atoms. The number of rotatable bonds is 0. The fourth-order valence-electron chi connectivity index (χ4n) is 0.440. The molecular formula is C4H6NSUW-. The Morgan fingerprint density at radius 3 is 2.62 bits per heavy atom. The van der Waals surface area contributed by atoms with Crippen molar-refractivity contribution in [3.05, 3.63) is 5.32 Å². The van der Waals surface area contributed by atoms with Crippen molar-refractivity contribution in [2.75, 3.05) is 12.3 Å². The third-order valence-electron chi connectivity index (χ3n) is 0.769. The standard InChI is InChI=1S/C4H6NS.U.W/c1-2-5-4-6-3-1;;/h1-3H2;;/q-1;;. The fraction of sp³-hybridized carbons (Fsp3) is 0.750. The molecule has 0 saturated carbocycles. The zero-order valence-corrected chi connectivity index (χ0v) is 12.3. The summed E-state index contributed by atoms with van der Waals surface area (Å²) in [5.74, 6) is 1.29. The Bertz CT molecular complexity index is 80.1. The van der Waals surface area contributed by atoms with E-state index in [9.17, 15) is 0 Å². The molecule has 44 valence electrons. The van der Waals surface area contributed by atoms with Crippen LogP contribution in [0, 0.1) is 31.1 Å². The summed E-state index contributed by atoms with van der Waals surface area (Å²) in [5.41, 5.74) is 0. The van der Waals surface area contributed by atoms with Crippen molar-refractivity contribution in [3.63, 3.8) is 0 Å². The molecule has 0 aromatic heterocycles. The first-order chi connectivity index (χ1) is 3.39. The van der Waals surface area contributed by atoms with Crippen molar-refractivity contribution in [2.24, 2.45) is 0 Å². The van der Waals surface area contributed by atoms with Crippen LogP contribution < -0.4 is 0 Å².